The van der Waals surface area contributed by atoms with Gasteiger partial charge in [0, 0.05) is 37.5 Å². The highest BCUT2D eigenvalue weighted by Crippen LogP contribution is 2.25. The number of aromatic nitrogens is 2. The van der Waals surface area contributed by atoms with E-state index in [0.29, 0.717) is 23.4 Å². The summed E-state index contributed by atoms with van der Waals surface area (Å²) in [5.41, 5.74) is 7.14. The van der Waals surface area contributed by atoms with Gasteiger partial charge in [-0.25, -0.2) is 4.98 Å². The fourth-order valence-corrected chi connectivity index (χ4v) is 3.35. The summed E-state index contributed by atoms with van der Waals surface area (Å²) in [6.07, 6.45) is 3.81. The van der Waals surface area contributed by atoms with Crippen LogP contribution in [-0.2, 0) is 6.54 Å². The van der Waals surface area contributed by atoms with Crippen molar-refractivity contribution in [2.24, 2.45) is 5.92 Å². The van der Waals surface area contributed by atoms with E-state index in [4.69, 9.17) is 15.2 Å². The van der Waals surface area contributed by atoms with E-state index in [1.807, 2.05) is 12.1 Å². The lowest BCUT2D eigenvalue weighted by Gasteiger charge is -2.31. The lowest BCUT2D eigenvalue weighted by Crippen LogP contribution is -2.35. The first kappa shape index (κ1) is 19.7. The molecule has 0 aliphatic carbocycles. The second kappa shape index (κ2) is 8.77. The Hall–Kier alpha value is -3.03. The molecule has 1 aliphatic heterocycles. The Morgan fingerprint density at radius 3 is 2.86 bits per heavy atom. The van der Waals surface area contributed by atoms with Gasteiger partial charge in [0.05, 0.1) is 19.8 Å². The van der Waals surface area contributed by atoms with Crippen molar-refractivity contribution < 1.29 is 14.3 Å². The van der Waals surface area contributed by atoms with Crippen LogP contribution in [0, 0.1) is 5.92 Å². The van der Waals surface area contributed by atoms with Crippen LogP contribution in [0.1, 0.15) is 35.7 Å². The molecule has 1 fully saturated rings. The van der Waals surface area contributed by atoms with Crippen molar-refractivity contribution >= 4 is 17.7 Å². The van der Waals surface area contributed by atoms with E-state index in [2.05, 4.69) is 27.1 Å². The lowest BCUT2D eigenvalue weighted by atomic mass is 10.0. The second-order valence-corrected chi connectivity index (χ2v) is 7.02. The zero-order valence-electron chi connectivity index (χ0n) is 16.6. The van der Waals surface area contributed by atoms with Gasteiger partial charge < -0.3 is 25.4 Å². The van der Waals surface area contributed by atoms with Crippen LogP contribution >= 0.6 is 0 Å². The highest BCUT2D eigenvalue weighted by atomic mass is 16.5. The minimum absolute atomic E-state index is 0.183. The van der Waals surface area contributed by atoms with Gasteiger partial charge in [-0.2, -0.15) is 4.98 Å². The number of benzene rings is 1. The van der Waals surface area contributed by atoms with Gasteiger partial charge in [-0.3, -0.25) is 4.79 Å². The molecule has 3 N–H and O–H groups in total. The van der Waals surface area contributed by atoms with E-state index >= 15 is 0 Å². The van der Waals surface area contributed by atoms with Crippen LogP contribution in [0.15, 0.2) is 24.4 Å². The summed E-state index contributed by atoms with van der Waals surface area (Å²) < 4.78 is 10.5. The van der Waals surface area contributed by atoms with Crippen molar-refractivity contribution in [3.8, 4) is 11.5 Å². The number of anilines is 2. The van der Waals surface area contributed by atoms with Crippen LogP contribution in [0.4, 0.5) is 11.8 Å². The fourth-order valence-electron chi connectivity index (χ4n) is 3.35. The predicted molar refractivity (Wildman–Crippen MR) is 108 cm³/mol. The molecule has 0 spiro atoms. The Morgan fingerprint density at radius 1 is 1.36 bits per heavy atom. The fraction of sp³-hybridized carbons (Fsp3) is 0.450. The first-order valence-corrected chi connectivity index (χ1v) is 9.38. The number of rotatable bonds is 6. The largest absolute Gasteiger partial charge is 0.497 e. The van der Waals surface area contributed by atoms with Gasteiger partial charge >= 0.3 is 0 Å². The number of ether oxygens (including phenoxy) is 2. The monoisotopic (exact) mass is 385 g/mol. The van der Waals surface area contributed by atoms with Crippen LogP contribution in [0.5, 0.6) is 11.5 Å². The van der Waals surface area contributed by atoms with Crippen molar-refractivity contribution in [3.63, 3.8) is 0 Å². The normalized spacial score (nSPS) is 16.5. The van der Waals surface area contributed by atoms with Gasteiger partial charge in [-0.1, -0.05) is 6.92 Å². The summed E-state index contributed by atoms with van der Waals surface area (Å²) >= 11 is 0. The minimum Gasteiger partial charge on any atom is -0.497 e. The SMILES string of the molecule is COc1ccc(CNC(=O)c2cnc(N3CCC[C@H](C)C3)nc2N)c(OC)c1. The molecule has 150 valence electrons. The number of carbonyl (C=O) groups is 1. The summed E-state index contributed by atoms with van der Waals surface area (Å²) in [5.74, 6) is 2.36. The summed E-state index contributed by atoms with van der Waals surface area (Å²) in [7, 11) is 3.17. The first-order chi connectivity index (χ1) is 13.5. The van der Waals surface area contributed by atoms with Crippen LogP contribution in [0.25, 0.3) is 0 Å². The minimum atomic E-state index is -0.325. The maximum absolute atomic E-state index is 12.6. The number of nitrogens with two attached hydrogens (primary N) is 1. The number of nitrogens with zero attached hydrogens (tertiary/aromatic N) is 3. The highest BCUT2D eigenvalue weighted by molar-refractivity contribution is 5.98. The number of amides is 1. The van der Waals surface area contributed by atoms with E-state index in [0.717, 1.165) is 25.1 Å². The van der Waals surface area contributed by atoms with Crippen molar-refractivity contribution in [1.29, 1.82) is 0 Å². The maximum Gasteiger partial charge on any atom is 0.256 e. The highest BCUT2D eigenvalue weighted by Gasteiger charge is 2.20. The van der Waals surface area contributed by atoms with Crippen molar-refractivity contribution in [2.75, 3.05) is 37.9 Å². The molecule has 1 aromatic carbocycles. The van der Waals surface area contributed by atoms with Crippen LogP contribution in [-0.4, -0.2) is 43.2 Å². The molecule has 1 saturated heterocycles. The predicted octanol–water partition coefficient (Wildman–Crippen LogP) is 2.24. The molecule has 1 aliphatic rings. The van der Waals surface area contributed by atoms with Gasteiger partial charge in [-0.05, 0) is 30.9 Å². The summed E-state index contributed by atoms with van der Waals surface area (Å²) in [5, 5.41) is 2.84. The van der Waals surface area contributed by atoms with Gasteiger partial charge in [0.15, 0.2) is 0 Å². The molecule has 2 heterocycles. The second-order valence-electron chi connectivity index (χ2n) is 7.02. The molecule has 1 atom stereocenters. The number of hydrogen-bond acceptors (Lipinski definition) is 7. The number of methoxy groups -OCH3 is 2. The molecule has 1 aromatic heterocycles. The first-order valence-electron chi connectivity index (χ1n) is 9.38. The number of carbonyl (C=O) groups excluding carboxylic acids is 1. The van der Waals surface area contributed by atoms with Gasteiger partial charge in [0.1, 0.15) is 17.3 Å². The molecule has 2 aromatic rings. The van der Waals surface area contributed by atoms with E-state index in [-0.39, 0.29) is 23.8 Å². The summed E-state index contributed by atoms with van der Waals surface area (Å²) in [6.45, 7) is 4.32. The number of nitrogen functional groups attached to an aromatic ring is 1. The summed E-state index contributed by atoms with van der Waals surface area (Å²) in [4.78, 5) is 23.4. The van der Waals surface area contributed by atoms with Gasteiger partial charge in [0.25, 0.3) is 5.91 Å². The van der Waals surface area contributed by atoms with Crippen LogP contribution in [0.3, 0.4) is 0 Å². The molecular formula is C20H27N5O3. The van der Waals surface area contributed by atoms with E-state index in [9.17, 15) is 4.79 Å². The van der Waals surface area contributed by atoms with Crippen LogP contribution < -0.4 is 25.4 Å². The van der Waals surface area contributed by atoms with Crippen LogP contribution in [0.2, 0.25) is 0 Å². The topological polar surface area (TPSA) is 103 Å². The molecule has 0 saturated carbocycles. The van der Waals surface area contributed by atoms with Gasteiger partial charge in [-0.15, -0.1) is 0 Å². The van der Waals surface area contributed by atoms with Crippen molar-refractivity contribution in [3.05, 3.63) is 35.5 Å². The molecule has 8 nitrogen and oxygen atoms in total. The van der Waals surface area contributed by atoms with E-state index in [1.54, 1.807) is 20.3 Å². The third-order valence-corrected chi connectivity index (χ3v) is 4.92. The molecular weight excluding hydrogens is 358 g/mol. The van der Waals surface area contributed by atoms with E-state index < -0.39 is 0 Å². The molecule has 1 amide bonds. The number of hydrogen-bond donors (Lipinski definition) is 2. The molecule has 0 radical (unpaired) electrons. The third-order valence-electron chi connectivity index (χ3n) is 4.92. The lowest BCUT2D eigenvalue weighted by molar-refractivity contribution is 0.0951. The summed E-state index contributed by atoms with van der Waals surface area (Å²) in [6, 6.07) is 5.43. The Bertz CT molecular complexity index is 843. The molecule has 0 bridgehead atoms. The quantitative estimate of drug-likeness (QED) is 0.786. The molecule has 3 rings (SSSR count). The number of piperidine rings is 1. The zero-order chi connectivity index (χ0) is 20.1. The van der Waals surface area contributed by atoms with Gasteiger partial charge in [0.2, 0.25) is 5.95 Å². The maximum atomic E-state index is 12.6. The standard InChI is InChI=1S/C20H27N5O3/c1-13-5-4-8-25(12-13)20-23-11-16(18(21)24-20)19(26)22-10-14-6-7-15(27-2)9-17(14)28-3/h6-7,9,11,13H,4-5,8,10,12H2,1-3H3,(H,22,26)(H2,21,23,24)/t13-/m0/s1. The zero-order valence-corrected chi connectivity index (χ0v) is 16.6. The molecule has 28 heavy (non-hydrogen) atoms. The Kier molecular flexibility index (Phi) is 6.18. The third kappa shape index (κ3) is 4.44. The van der Waals surface area contributed by atoms with E-state index in [1.165, 1.54) is 12.6 Å². The Labute approximate surface area is 165 Å². The molecule has 8 heteroatoms. The Balaban J connectivity index is 1.68. The van der Waals surface area contributed by atoms with Crippen molar-refractivity contribution in [2.45, 2.75) is 26.3 Å². The average molecular weight is 385 g/mol. The smallest absolute Gasteiger partial charge is 0.256 e. The Morgan fingerprint density at radius 2 is 2.18 bits per heavy atom. The van der Waals surface area contributed by atoms with Crippen molar-refractivity contribution in [1.82, 2.24) is 15.3 Å². The number of nitrogens with one attached hydrogen (secondary N) is 1. The average Bonchev–Trinajstić information content (AvgIpc) is 2.71. The molecule has 0 unspecified atom stereocenters.